The van der Waals surface area contributed by atoms with Crippen molar-refractivity contribution in [2.24, 2.45) is 0 Å². The lowest BCUT2D eigenvalue weighted by atomic mass is 9.86. The van der Waals surface area contributed by atoms with Gasteiger partial charge in [0.2, 0.25) is 0 Å². The van der Waals surface area contributed by atoms with Crippen molar-refractivity contribution in [3.05, 3.63) is 20.8 Å². The number of likely N-dealkylation sites (tertiary alicyclic amines) is 1. The number of piperidine rings is 1. The maximum Gasteiger partial charge on any atom is 0.0939 e. The molecule has 0 atom stereocenters. The Balaban J connectivity index is 2.21. The average molecular weight is 276 g/mol. The van der Waals surface area contributed by atoms with E-state index in [-0.39, 0.29) is 0 Å². The molecule has 78 valence electrons. The molecule has 1 aliphatic heterocycles. The van der Waals surface area contributed by atoms with Crippen molar-refractivity contribution in [1.29, 1.82) is 0 Å². The van der Waals surface area contributed by atoms with Gasteiger partial charge in [-0.25, -0.2) is 0 Å². The van der Waals surface area contributed by atoms with Crippen LogP contribution >= 0.6 is 27.3 Å². The van der Waals surface area contributed by atoms with E-state index in [0.717, 1.165) is 36.0 Å². The molecule has 1 fully saturated rings. The fraction of sp³-hybridized carbons (Fsp3) is 0.600. The maximum absolute atomic E-state index is 10.5. The molecule has 1 aromatic rings. The van der Waals surface area contributed by atoms with Crippen LogP contribution in [-0.2, 0) is 5.60 Å². The minimum absolute atomic E-state index is 0.606. The van der Waals surface area contributed by atoms with Crippen molar-refractivity contribution in [2.45, 2.75) is 18.4 Å². The number of hydrogen-bond donors (Lipinski definition) is 1. The van der Waals surface area contributed by atoms with Crippen molar-refractivity contribution < 1.29 is 5.11 Å². The summed E-state index contributed by atoms with van der Waals surface area (Å²) in [7, 11) is 2.10. The van der Waals surface area contributed by atoms with Gasteiger partial charge in [0, 0.05) is 28.5 Å². The van der Waals surface area contributed by atoms with Gasteiger partial charge >= 0.3 is 0 Å². The summed E-state index contributed by atoms with van der Waals surface area (Å²) in [4.78, 5) is 2.26. The number of rotatable bonds is 1. The predicted octanol–water partition coefficient (Wildman–Crippen LogP) is 2.42. The van der Waals surface area contributed by atoms with E-state index in [1.165, 1.54) is 0 Å². The first-order valence-electron chi connectivity index (χ1n) is 4.75. The lowest BCUT2D eigenvalue weighted by molar-refractivity contribution is -0.0205. The van der Waals surface area contributed by atoms with E-state index in [0.29, 0.717) is 0 Å². The molecular formula is C10H14BrNOS. The van der Waals surface area contributed by atoms with E-state index in [9.17, 15) is 5.11 Å². The highest BCUT2D eigenvalue weighted by Gasteiger charge is 2.34. The van der Waals surface area contributed by atoms with Gasteiger partial charge in [-0.3, -0.25) is 0 Å². The molecule has 4 heteroatoms. The van der Waals surface area contributed by atoms with Crippen LogP contribution in [0.2, 0.25) is 0 Å². The summed E-state index contributed by atoms with van der Waals surface area (Å²) in [5.74, 6) is 0. The van der Waals surface area contributed by atoms with Gasteiger partial charge in [0.1, 0.15) is 0 Å². The molecule has 2 nitrogen and oxygen atoms in total. The molecule has 0 bridgehead atoms. The summed E-state index contributed by atoms with van der Waals surface area (Å²) in [6.45, 7) is 1.94. The van der Waals surface area contributed by atoms with Crippen LogP contribution in [0.4, 0.5) is 0 Å². The van der Waals surface area contributed by atoms with Crippen LogP contribution in [-0.4, -0.2) is 30.1 Å². The van der Waals surface area contributed by atoms with E-state index < -0.39 is 5.60 Å². The molecule has 0 aliphatic carbocycles. The highest BCUT2D eigenvalue weighted by Crippen LogP contribution is 2.38. The Bertz CT molecular complexity index is 318. The first kappa shape index (κ1) is 10.6. The van der Waals surface area contributed by atoms with E-state index in [2.05, 4.69) is 33.3 Å². The van der Waals surface area contributed by atoms with Crippen LogP contribution in [0.15, 0.2) is 15.2 Å². The zero-order chi connectivity index (χ0) is 10.2. The molecule has 14 heavy (non-hydrogen) atoms. The van der Waals surface area contributed by atoms with E-state index in [1.807, 2.05) is 5.38 Å². The first-order chi connectivity index (χ1) is 6.62. The zero-order valence-electron chi connectivity index (χ0n) is 8.16. The predicted molar refractivity (Wildman–Crippen MR) is 62.6 cm³/mol. The molecule has 1 aromatic heterocycles. The SMILES string of the molecule is CN1CCC(O)(c2cscc2Br)CC1. The average Bonchev–Trinajstić information content (AvgIpc) is 2.58. The van der Waals surface area contributed by atoms with Crippen LogP contribution in [0.1, 0.15) is 18.4 Å². The second-order valence-electron chi connectivity index (χ2n) is 3.97. The third-order valence-corrected chi connectivity index (χ3v) is 4.63. The van der Waals surface area contributed by atoms with Crippen LogP contribution in [0, 0.1) is 0 Å². The third kappa shape index (κ3) is 1.89. The second-order valence-corrected chi connectivity index (χ2v) is 5.57. The molecular weight excluding hydrogens is 262 g/mol. The molecule has 2 heterocycles. The van der Waals surface area contributed by atoms with Crippen molar-refractivity contribution in [1.82, 2.24) is 4.90 Å². The number of thiophene rings is 1. The molecule has 2 rings (SSSR count). The third-order valence-electron chi connectivity index (χ3n) is 2.93. The topological polar surface area (TPSA) is 23.5 Å². The van der Waals surface area contributed by atoms with Gasteiger partial charge in [0.05, 0.1) is 5.60 Å². The molecule has 0 aromatic carbocycles. The van der Waals surface area contributed by atoms with Crippen molar-refractivity contribution in [3.8, 4) is 0 Å². The highest BCUT2D eigenvalue weighted by molar-refractivity contribution is 9.10. The Morgan fingerprint density at radius 2 is 2.07 bits per heavy atom. The largest absolute Gasteiger partial charge is 0.385 e. The van der Waals surface area contributed by atoms with Gasteiger partial charge in [-0.15, -0.1) is 0 Å². The smallest absolute Gasteiger partial charge is 0.0939 e. The standard InChI is InChI=1S/C10H14BrNOS/c1-12-4-2-10(13,3-5-12)8-6-14-7-9(8)11/h6-7,13H,2-5H2,1H3. The van der Waals surface area contributed by atoms with Gasteiger partial charge in [0.25, 0.3) is 0 Å². The van der Waals surface area contributed by atoms with Crippen LogP contribution in [0.25, 0.3) is 0 Å². The number of hydrogen-bond acceptors (Lipinski definition) is 3. The first-order valence-corrected chi connectivity index (χ1v) is 6.48. The van der Waals surface area contributed by atoms with Crippen LogP contribution in [0.5, 0.6) is 0 Å². The molecule has 1 aliphatic rings. The Labute approximate surface area is 96.7 Å². The summed E-state index contributed by atoms with van der Waals surface area (Å²) < 4.78 is 1.05. The van der Waals surface area contributed by atoms with Crippen LogP contribution in [0.3, 0.4) is 0 Å². The Kier molecular flexibility index (Phi) is 2.98. The molecule has 0 amide bonds. The number of halogens is 1. The minimum Gasteiger partial charge on any atom is -0.385 e. The van der Waals surface area contributed by atoms with Crippen molar-refractivity contribution >= 4 is 27.3 Å². The minimum atomic E-state index is -0.606. The summed E-state index contributed by atoms with van der Waals surface area (Å²) in [6, 6.07) is 0. The van der Waals surface area contributed by atoms with Gasteiger partial charge in [-0.1, -0.05) is 0 Å². The molecule has 0 unspecified atom stereocenters. The highest BCUT2D eigenvalue weighted by atomic mass is 79.9. The quantitative estimate of drug-likeness (QED) is 0.851. The summed E-state index contributed by atoms with van der Waals surface area (Å²) >= 11 is 5.13. The van der Waals surface area contributed by atoms with Gasteiger partial charge in [-0.05, 0) is 41.2 Å². The van der Waals surface area contributed by atoms with E-state index in [4.69, 9.17) is 0 Å². The molecule has 0 radical (unpaired) electrons. The maximum atomic E-state index is 10.5. The summed E-state index contributed by atoms with van der Waals surface area (Å²) in [5.41, 5.74) is 0.460. The van der Waals surface area contributed by atoms with Gasteiger partial charge < -0.3 is 10.0 Å². The molecule has 0 saturated carbocycles. The number of aliphatic hydroxyl groups is 1. The Morgan fingerprint density at radius 3 is 2.57 bits per heavy atom. The fourth-order valence-corrected chi connectivity index (χ4v) is 3.63. The van der Waals surface area contributed by atoms with E-state index in [1.54, 1.807) is 11.3 Å². The van der Waals surface area contributed by atoms with E-state index >= 15 is 0 Å². The van der Waals surface area contributed by atoms with Crippen molar-refractivity contribution in [3.63, 3.8) is 0 Å². The van der Waals surface area contributed by atoms with Crippen molar-refractivity contribution in [2.75, 3.05) is 20.1 Å². The van der Waals surface area contributed by atoms with Crippen LogP contribution < -0.4 is 0 Å². The Hall–Kier alpha value is 0.100. The fourth-order valence-electron chi connectivity index (χ4n) is 1.87. The molecule has 1 saturated heterocycles. The van der Waals surface area contributed by atoms with Gasteiger partial charge in [0.15, 0.2) is 0 Å². The Morgan fingerprint density at radius 1 is 1.43 bits per heavy atom. The lowest BCUT2D eigenvalue weighted by Gasteiger charge is -2.36. The molecule has 0 spiro atoms. The normalized spacial score (nSPS) is 22.5. The summed E-state index contributed by atoms with van der Waals surface area (Å²) in [6.07, 6.45) is 1.66. The monoisotopic (exact) mass is 275 g/mol. The summed E-state index contributed by atoms with van der Waals surface area (Å²) in [5, 5.41) is 14.6. The number of nitrogens with zero attached hydrogens (tertiary/aromatic N) is 1. The second kappa shape index (κ2) is 3.93. The lowest BCUT2D eigenvalue weighted by Crippen LogP contribution is -2.40. The molecule has 1 N–H and O–H groups in total. The zero-order valence-corrected chi connectivity index (χ0v) is 10.6. The van der Waals surface area contributed by atoms with Gasteiger partial charge in [-0.2, -0.15) is 11.3 Å².